The summed E-state index contributed by atoms with van der Waals surface area (Å²) in [5.74, 6) is 2.76. The van der Waals surface area contributed by atoms with Crippen LogP contribution in [0.3, 0.4) is 0 Å². The molecule has 0 bridgehead atoms. The van der Waals surface area contributed by atoms with Crippen LogP contribution in [0.1, 0.15) is 30.7 Å². The maximum Gasteiger partial charge on any atom is 0.164 e. The number of benzene rings is 1. The van der Waals surface area contributed by atoms with Crippen molar-refractivity contribution in [1.82, 2.24) is 19.6 Å². The Bertz CT molecular complexity index is 947. The van der Waals surface area contributed by atoms with Gasteiger partial charge in [-0.05, 0) is 55.1 Å². The second kappa shape index (κ2) is 6.56. The summed E-state index contributed by atoms with van der Waals surface area (Å²) in [5.41, 5.74) is 2.09. The molecule has 1 spiro atoms. The van der Waals surface area contributed by atoms with Gasteiger partial charge < -0.3 is 9.64 Å². The van der Waals surface area contributed by atoms with Gasteiger partial charge >= 0.3 is 0 Å². The van der Waals surface area contributed by atoms with Gasteiger partial charge in [0.15, 0.2) is 10.8 Å². The molecule has 0 N–H and O–H groups in total. The maximum absolute atomic E-state index is 6.45. The molecule has 0 unspecified atom stereocenters. The van der Waals surface area contributed by atoms with Crippen LogP contribution >= 0.6 is 11.5 Å². The first-order valence-corrected chi connectivity index (χ1v) is 10.1. The van der Waals surface area contributed by atoms with Gasteiger partial charge in [-0.1, -0.05) is 18.2 Å². The molecule has 6 nitrogen and oxygen atoms in total. The molecule has 1 saturated heterocycles. The van der Waals surface area contributed by atoms with Crippen molar-refractivity contribution < 1.29 is 4.74 Å². The molecule has 1 aromatic carbocycles. The summed E-state index contributed by atoms with van der Waals surface area (Å²) in [5, 5.41) is 9.61. The lowest BCUT2D eigenvalue weighted by Gasteiger charge is -2.44. The molecule has 0 amide bonds. The van der Waals surface area contributed by atoms with Crippen molar-refractivity contribution in [3.63, 3.8) is 0 Å². The molecule has 2 aliphatic heterocycles. The molecule has 0 atom stereocenters. The predicted octanol–water partition coefficient (Wildman–Crippen LogP) is 3.67. The van der Waals surface area contributed by atoms with Crippen LogP contribution in [-0.2, 0) is 6.42 Å². The van der Waals surface area contributed by atoms with Gasteiger partial charge in [0.1, 0.15) is 22.9 Å². The summed E-state index contributed by atoms with van der Waals surface area (Å²) in [4.78, 5) is 6.68. The normalized spacial score (nSPS) is 18.2. The number of aromatic nitrogens is 4. The molecule has 1 fully saturated rings. The maximum atomic E-state index is 6.45. The Labute approximate surface area is 162 Å². The van der Waals surface area contributed by atoms with Crippen molar-refractivity contribution >= 4 is 17.4 Å². The van der Waals surface area contributed by atoms with E-state index >= 15 is 0 Å². The number of ether oxygens (including phenoxy) is 1. The van der Waals surface area contributed by atoms with Crippen LogP contribution in [0.4, 0.5) is 5.82 Å². The van der Waals surface area contributed by atoms with Crippen LogP contribution in [0.15, 0.2) is 36.4 Å². The number of aryl methyl sites for hydroxylation is 2. The van der Waals surface area contributed by atoms with Crippen LogP contribution in [0, 0.1) is 6.92 Å². The molecule has 3 aromatic rings. The van der Waals surface area contributed by atoms with E-state index in [-0.39, 0.29) is 5.60 Å². The highest BCUT2D eigenvalue weighted by molar-refractivity contribution is 7.09. The smallest absolute Gasteiger partial charge is 0.164 e. The lowest BCUT2D eigenvalue weighted by atomic mass is 9.83. The molecule has 5 rings (SSSR count). The van der Waals surface area contributed by atoms with Crippen molar-refractivity contribution in [3.05, 3.63) is 47.8 Å². The molecule has 7 heteroatoms. The summed E-state index contributed by atoms with van der Waals surface area (Å²) in [7, 11) is 0. The highest BCUT2D eigenvalue weighted by Gasteiger charge is 2.39. The van der Waals surface area contributed by atoms with E-state index in [9.17, 15) is 0 Å². The van der Waals surface area contributed by atoms with Crippen molar-refractivity contribution in [2.75, 3.05) is 18.0 Å². The largest absolute Gasteiger partial charge is 0.487 e. The molecule has 2 aliphatic rings. The van der Waals surface area contributed by atoms with Gasteiger partial charge in [-0.25, -0.2) is 4.98 Å². The van der Waals surface area contributed by atoms with Crippen molar-refractivity contribution in [3.8, 4) is 16.5 Å². The van der Waals surface area contributed by atoms with E-state index in [1.54, 1.807) is 0 Å². The first-order chi connectivity index (χ1) is 13.2. The number of nitrogens with zero attached hydrogens (tertiary/aromatic N) is 5. The number of anilines is 1. The van der Waals surface area contributed by atoms with Gasteiger partial charge in [-0.3, -0.25) is 0 Å². The van der Waals surface area contributed by atoms with Crippen molar-refractivity contribution in [1.29, 1.82) is 0 Å². The number of hydrogen-bond donors (Lipinski definition) is 0. The molecule has 0 saturated carbocycles. The summed E-state index contributed by atoms with van der Waals surface area (Å²) in [6.45, 7) is 3.76. The zero-order valence-corrected chi connectivity index (χ0v) is 16.1. The third-order valence-electron chi connectivity index (χ3n) is 5.54. The first kappa shape index (κ1) is 16.6. The zero-order chi connectivity index (χ0) is 18.3. The molecule has 0 aliphatic carbocycles. The minimum absolute atomic E-state index is 0.0255. The van der Waals surface area contributed by atoms with E-state index in [0.29, 0.717) is 0 Å². The summed E-state index contributed by atoms with van der Waals surface area (Å²) >= 11 is 1.36. The van der Waals surface area contributed by atoms with E-state index in [2.05, 4.69) is 48.7 Å². The Morgan fingerprint density at radius 3 is 2.63 bits per heavy atom. The molecule has 2 aromatic heterocycles. The lowest BCUT2D eigenvalue weighted by molar-refractivity contribution is 0.0224. The van der Waals surface area contributed by atoms with Crippen LogP contribution < -0.4 is 9.64 Å². The average Bonchev–Trinajstić information content (AvgIpc) is 3.15. The standard InChI is InChI=1S/C20H21N5OS/c1-14-21-19(27-24-14)16-6-7-18(23-22-16)25-12-10-20(11-13-25)9-8-15-4-2-3-5-17(15)26-20/h2-7H,8-13H2,1H3. The fourth-order valence-corrected chi connectivity index (χ4v) is 4.60. The highest BCUT2D eigenvalue weighted by Crippen LogP contribution is 2.39. The Kier molecular flexibility index (Phi) is 4.04. The topological polar surface area (TPSA) is 64.0 Å². The molecular formula is C20H21N5OS. The van der Waals surface area contributed by atoms with E-state index < -0.39 is 0 Å². The Morgan fingerprint density at radius 1 is 1.04 bits per heavy atom. The summed E-state index contributed by atoms with van der Waals surface area (Å²) in [6.07, 6.45) is 4.23. The van der Waals surface area contributed by atoms with Gasteiger partial charge in [0.25, 0.3) is 0 Å². The lowest BCUT2D eigenvalue weighted by Crippen LogP contribution is -2.50. The fourth-order valence-electron chi connectivity index (χ4n) is 3.96. The summed E-state index contributed by atoms with van der Waals surface area (Å²) < 4.78 is 10.7. The third-order valence-corrected chi connectivity index (χ3v) is 6.37. The van der Waals surface area contributed by atoms with Gasteiger partial charge in [-0.15, -0.1) is 10.2 Å². The average molecular weight is 379 g/mol. The summed E-state index contributed by atoms with van der Waals surface area (Å²) in [6, 6.07) is 12.4. The van der Waals surface area contributed by atoms with E-state index in [0.717, 1.165) is 66.9 Å². The van der Waals surface area contributed by atoms with Crippen LogP contribution in [0.25, 0.3) is 10.7 Å². The van der Waals surface area contributed by atoms with Gasteiger partial charge in [0.2, 0.25) is 0 Å². The van der Waals surface area contributed by atoms with E-state index in [1.807, 2.05) is 19.1 Å². The number of piperidine rings is 1. The number of rotatable bonds is 2. The predicted molar refractivity (Wildman–Crippen MR) is 105 cm³/mol. The van der Waals surface area contributed by atoms with Crippen LogP contribution in [0.2, 0.25) is 0 Å². The second-order valence-electron chi connectivity index (χ2n) is 7.30. The van der Waals surface area contributed by atoms with E-state index in [4.69, 9.17) is 4.74 Å². The monoisotopic (exact) mass is 379 g/mol. The molecule has 0 radical (unpaired) electrons. The Balaban J connectivity index is 1.27. The third kappa shape index (κ3) is 3.16. The molecule has 138 valence electrons. The minimum Gasteiger partial charge on any atom is -0.487 e. The number of para-hydroxylation sites is 1. The zero-order valence-electron chi connectivity index (χ0n) is 15.3. The fraction of sp³-hybridized carbons (Fsp3) is 0.400. The van der Waals surface area contributed by atoms with Gasteiger partial charge in [0, 0.05) is 25.9 Å². The van der Waals surface area contributed by atoms with Crippen LogP contribution in [0.5, 0.6) is 5.75 Å². The second-order valence-corrected chi connectivity index (χ2v) is 8.06. The van der Waals surface area contributed by atoms with Crippen molar-refractivity contribution in [2.24, 2.45) is 0 Å². The minimum atomic E-state index is -0.0255. The molecule has 4 heterocycles. The highest BCUT2D eigenvalue weighted by atomic mass is 32.1. The number of fused-ring (bicyclic) bond motifs is 1. The van der Waals surface area contributed by atoms with Gasteiger partial charge in [-0.2, -0.15) is 4.37 Å². The Morgan fingerprint density at radius 2 is 1.89 bits per heavy atom. The molecular weight excluding hydrogens is 358 g/mol. The SMILES string of the molecule is Cc1nsc(-c2ccc(N3CCC4(CCc5ccccc5O4)CC3)nn2)n1. The quantitative estimate of drug-likeness (QED) is 0.677. The van der Waals surface area contributed by atoms with Crippen LogP contribution in [-0.4, -0.2) is 38.2 Å². The van der Waals surface area contributed by atoms with Crippen molar-refractivity contribution in [2.45, 2.75) is 38.2 Å². The first-order valence-electron chi connectivity index (χ1n) is 9.37. The Hall–Kier alpha value is -2.54. The number of hydrogen-bond acceptors (Lipinski definition) is 7. The molecule has 27 heavy (non-hydrogen) atoms. The van der Waals surface area contributed by atoms with Gasteiger partial charge in [0.05, 0.1) is 0 Å². The van der Waals surface area contributed by atoms with E-state index in [1.165, 1.54) is 17.1 Å².